The first-order valence-electron chi connectivity index (χ1n) is 5.05. The summed E-state index contributed by atoms with van der Waals surface area (Å²) < 4.78 is 0. The van der Waals surface area contributed by atoms with E-state index in [1.807, 2.05) is 0 Å². The Kier molecular flexibility index (Phi) is 4.90. The molecule has 0 aliphatic carbocycles. The lowest BCUT2D eigenvalue weighted by Crippen LogP contribution is -2.25. The van der Waals surface area contributed by atoms with Crippen molar-refractivity contribution in [3.63, 3.8) is 0 Å². The number of carbonyl (C=O) groups excluding carboxylic acids is 1. The number of carboxylic acids is 1. The minimum atomic E-state index is -1.27. The standard InChI is InChI=1S/C11H12ClNO4/c12-7-9(13(16)17)6-5-8-3-1-2-4-10(8)11(14)15/h1-4,9H,5-7H2,(H,14,15)/p-1. The van der Waals surface area contributed by atoms with Gasteiger partial charge >= 0.3 is 0 Å². The van der Waals surface area contributed by atoms with Crippen LogP contribution in [0, 0.1) is 10.1 Å². The summed E-state index contributed by atoms with van der Waals surface area (Å²) in [7, 11) is 0. The highest BCUT2D eigenvalue weighted by molar-refractivity contribution is 6.18. The molecule has 0 amide bonds. The number of halogens is 1. The van der Waals surface area contributed by atoms with Crippen molar-refractivity contribution in [2.45, 2.75) is 18.9 Å². The molecule has 6 heteroatoms. The van der Waals surface area contributed by atoms with Crippen LogP contribution in [-0.4, -0.2) is 22.8 Å². The van der Waals surface area contributed by atoms with Gasteiger partial charge in [-0.05, 0) is 12.0 Å². The summed E-state index contributed by atoms with van der Waals surface area (Å²) in [5, 5.41) is 21.4. The van der Waals surface area contributed by atoms with Crippen LogP contribution in [0.15, 0.2) is 24.3 Å². The summed E-state index contributed by atoms with van der Waals surface area (Å²) in [5.41, 5.74) is 0.605. The highest BCUT2D eigenvalue weighted by Crippen LogP contribution is 2.13. The largest absolute Gasteiger partial charge is 0.545 e. The van der Waals surface area contributed by atoms with E-state index in [9.17, 15) is 20.0 Å². The van der Waals surface area contributed by atoms with Gasteiger partial charge in [0, 0.05) is 16.9 Å². The number of carboxylic acid groups (broad SMARTS) is 1. The number of nitrogens with zero attached hydrogens (tertiary/aromatic N) is 1. The number of nitro groups is 1. The van der Waals surface area contributed by atoms with Crippen LogP contribution in [-0.2, 0) is 6.42 Å². The van der Waals surface area contributed by atoms with Gasteiger partial charge in [0.2, 0.25) is 6.04 Å². The first-order chi connectivity index (χ1) is 8.06. The van der Waals surface area contributed by atoms with E-state index in [0.29, 0.717) is 12.0 Å². The maximum Gasteiger partial charge on any atom is 0.226 e. The molecule has 17 heavy (non-hydrogen) atoms. The van der Waals surface area contributed by atoms with Crippen molar-refractivity contribution < 1.29 is 14.8 Å². The summed E-state index contributed by atoms with van der Waals surface area (Å²) in [6.07, 6.45) is 0.503. The summed E-state index contributed by atoms with van der Waals surface area (Å²) in [4.78, 5) is 20.9. The van der Waals surface area contributed by atoms with Crippen LogP contribution in [0.4, 0.5) is 0 Å². The summed E-state index contributed by atoms with van der Waals surface area (Å²) in [6.45, 7) is 0. The topological polar surface area (TPSA) is 83.3 Å². The van der Waals surface area contributed by atoms with E-state index >= 15 is 0 Å². The molecule has 92 valence electrons. The van der Waals surface area contributed by atoms with E-state index in [1.165, 1.54) is 6.07 Å². The SMILES string of the molecule is O=C([O-])c1ccccc1CCC(CCl)[N+](=O)[O-]. The third-order valence-electron chi connectivity index (χ3n) is 2.46. The predicted molar refractivity (Wildman–Crippen MR) is 60.6 cm³/mol. The van der Waals surface area contributed by atoms with E-state index < -0.39 is 16.9 Å². The van der Waals surface area contributed by atoms with Gasteiger partial charge in [-0.25, -0.2) is 0 Å². The van der Waals surface area contributed by atoms with Gasteiger partial charge in [-0.1, -0.05) is 24.3 Å². The summed E-state index contributed by atoms with van der Waals surface area (Å²) >= 11 is 5.46. The molecule has 0 N–H and O–H groups in total. The molecule has 0 heterocycles. The molecule has 1 aromatic rings. The quantitative estimate of drug-likeness (QED) is 0.429. The van der Waals surface area contributed by atoms with Crippen LogP contribution in [0.25, 0.3) is 0 Å². The zero-order valence-electron chi connectivity index (χ0n) is 8.97. The average molecular weight is 257 g/mol. The Labute approximate surface area is 103 Å². The molecule has 1 atom stereocenters. The Morgan fingerprint density at radius 2 is 2.06 bits per heavy atom. The van der Waals surface area contributed by atoms with Gasteiger partial charge < -0.3 is 9.90 Å². The number of carbonyl (C=O) groups is 1. The van der Waals surface area contributed by atoms with Gasteiger partial charge in [0.05, 0.1) is 11.8 Å². The average Bonchev–Trinajstić information content (AvgIpc) is 2.29. The zero-order chi connectivity index (χ0) is 12.8. The van der Waals surface area contributed by atoms with E-state index in [-0.39, 0.29) is 17.9 Å². The third-order valence-corrected chi connectivity index (χ3v) is 2.82. The molecule has 0 aliphatic heterocycles. The molecule has 0 aromatic heterocycles. The van der Waals surface area contributed by atoms with Gasteiger partial charge in [0.25, 0.3) is 0 Å². The Morgan fingerprint density at radius 1 is 1.41 bits per heavy atom. The van der Waals surface area contributed by atoms with Crippen molar-refractivity contribution in [2.75, 3.05) is 5.88 Å². The first kappa shape index (κ1) is 13.4. The Morgan fingerprint density at radius 3 is 2.59 bits per heavy atom. The molecule has 5 nitrogen and oxygen atoms in total. The fourth-order valence-corrected chi connectivity index (χ4v) is 1.77. The van der Waals surface area contributed by atoms with Gasteiger partial charge in [0.15, 0.2) is 0 Å². The fourth-order valence-electron chi connectivity index (χ4n) is 1.50. The number of rotatable bonds is 6. The van der Waals surface area contributed by atoms with Crippen LogP contribution in [0.1, 0.15) is 22.3 Å². The summed E-state index contributed by atoms with van der Waals surface area (Å²) in [6, 6.07) is 5.46. The van der Waals surface area contributed by atoms with Gasteiger partial charge in [0.1, 0.15) is 0 Å². The minimum absolute atomic E-state index is 0.0733. The van der Waals surface area contributed by atoms with Crippen LogP contribution in [0.5, 0.6) is 0 Å². The molecular weight excluding hydrogens is 246 g/mol. The van der Waals surface area contributed by atoms with Crippen molar-refractivity contribution in [3.05, 3.63) is 45.5 Å². The lowest BCUT2D eigenvalue weighted by atomic mass is 10.0. The number of aryl methyl sites for hydroxylation is 1. The third kappa shape index (κ3) is 3.71. The minimum Gasteiger partial charge on any atom is -0.545 e. The van der Waals surface area contributed by atoms with E-state index in [0.717, 1.165) is 0 Å². The summed E-state index contributed by atoms with van der Waals surface area (Å²) in [5.74, 6) is -1.36. The van der Waals surface area contributed by atoms with Gasteiger partial charge in [-0.15, -0.1) is 11.6 Å². The van der Waals surface area contributed by atoms with Crippen molar-refractivity contribution in [1.82, 2.24) is 0 Å². The Balaban J connectivity index is 2.75. The smallest absolute Gasteiger partial charge is 0.226 e. The molecule has 0 saturated heterocycles. The van der Waals surface area contributed by atoms with Crippen LogP contribution in [0.2, 0.25) is 0 Å². The second-order valence-corrected chi connectivity index (χ2v) is 3.89. The Hall–Kier alpha value is -1.62. The van der Waals surface area contributed by atoms with E-state index in [1.54, 1.807) is 18.2 Å². The highest BCUT2D eigenvalue weighted by atomic mass is 35.5. The number of alkyl halides is 1. The van der Waals surface area contributed by atoms with Crippen molar-refractivity contribution in [3.8, 4) is 0 Å². The van der Waals surface area contributed by atoms with Crippen LogP contribution in [0.3, 0.4) is 0 Å². The molecule has 1 aromatic carbocycles. The van der Waals surface area contributed by atoms with Crippen molar-refractivity contribution in [2.24, 2.45) is 0 Å². The molecule has 1 rings (SSSR count). The molecule has 0 fully saturated rings. The molecule has 0 aliphatic rings. The predicted octanol–water partition coefficient (Wildman–Crippen LogP) is 0.867. The zero-order valence-corrected chi connectivity index (χ0v) is 9.72. The first-order valence-corrected chi connectivity index (χ1v) is 5.58. The monoisotopic (exact) mass is 256 g/mol. The highest BCUT2D eigenvalue weighted by Gasteiger charge is 2.18. The van der Waals surface area contributed by atoms with E-state index in [4.69, 9.17) is 11.6 Å². The molecular formula is C11H11ClNO4-. The number of benzene rings is 1. The molecule has 1 unspecified atom stereocenters. The molecule has 0 saturated carbocycles. The second kappa shape index (κ2) is 6.20. The lowest BCUT2D eigenvalue weighted by Gasteiger charge is -2.11. The Bertz CT molecular complexity index is 422. The fraction of sp³-hybridized carbons (Fsp3) is 0.364. The molecule has 0 bridgehead atoms. The van der Waals surface area contributed by atoms with Crippen molar-refractivity contribution in [1.29, 1.82) is 0 Å². The van der Waals surface area contributed by atoms with Crippen molar-refractivity contribution >= 4 is 17.6 Å². The number of aromatic carboxylic acids is 1. The van der Waals surface area contributed by atoms with Gasteiger partial charge in [-0.2, -0.15) is 0 Å². The normalized spacial score (nSPS) is 12.1. The molecule has 0 spiro atoms. The second-order valence-electron chi connectivity index (χ2n) is 3.58. The van der Waals surface area contributed by atoms with E-state index in [2.05, 4.69) is 0 Å². The lowest BCUT2D eigenvalue weighted by molar-refractivity contribution is -0.517. The maximum atomic E-state index is 10.8. The number of hydrogen-bond acceptors (Lipinski definition) is 4. The molecule has 0 radical (unpaired) electrons. The number of hydrogen-bond donors (Lipinski definition) is 0. The van der Waals surface area contributed by atoms with Crippen LogP contribution < -0.4 is 5.11 Å². The van der Waals surface area contributed by atoms with Crippen LogP contribution >= 0.6 is 11.6 Å². The van der Waals surface area contributed by atoms with Gasteiger partial charge in [-0.3, -0.25) is 10.1 Å². The maximum absolute atomic E-state index is 10.8.